The van der Waals surface area contributed by atoms with Gasteiger partial charge >= 0.3 is 0 Å². The lowest BCUT2D eigenvalue weighted by Gasteiger charge is -2.12. The van der Waals surface area contributed by atoms with Gasteiger partial charge in [-0.1, -0.05) is 62.4 Å². The standard InChI is InChI=1S/C17H18O/c1-12(2)16-6-4-5-7-17(16)15-10-8-14(9-11-15)13(3)18/h4-12H,1-3H3. The Morgan fingerprint density at radius 3 is 2.11 bits per heavy atom. The van der Waals surface area contributed by atoms with Crippen LogP contribution in [0.25, 0.3) is 11.1 Å². The first-order valence-electron chi connectivity index (χ1n) is 6.30. The minimum absolute atomic E-state index is 0.110. The molecule has 0 atom stereocenters. The summed E-state index contributed by atoms with van der Waals surface area (Å²) in [7, 11) is 0. The summed E-state index contributed by atoms with van der Waals surface area (Å²) >= 11 is 0. The molecule has 92 valence electrons. The van der Waals surface area contributed by atoms with E-state index in [-0.39, 0.29) is 5.78 Å². The Morgan fingerprint density at radius 2 is 1.56 bits per heavy atom. The number of carbonyl (C=O) groups excluding carboxylic acids is 1. The molecule has 0 aliphatic rings. The van der Waals surface area contributed by atoms with E-state index in [0.29, 0.717) is 5.92 Å². The van der Waals surface area contributed by atoms with Gasteiger partial charge in [-0.2, -0.15) is 0 Å². The minimum atomic E-state index is 0.110. The Morgan fingerprint density at radius 1 is 0.944 bits per heavy atom. The number of benzene rings is 2. The van der Waals surface area contributed by atoms with Crippen LogP contribution in [-0.4, -0.2) is 5.78 Å². The van der Waals surface area contributed by atoms with E-state index in [1.807, 2.05) is 24.3 Å². The van der Waals surface area contributed by atoms with Gasteiger partial charge in [0.1, 0.15) is 0 Å². The number of hydrogen-bond acceptors (Lipinski definition) is 1. The van der Waals surface area contributed by atoms with E-state index in [0.717, 1.165) is 5.56 Å². The van der Waals surface area contributed by atoms with Gasteiger partial charge in [-0.25, -0.2) is 0 Å². The molecule has 0 N–H and O–H groups in total. The molecule has 0 aliphatic carbocycles. The van der Waals surface area contributed by atoms with Gasteiger partial charge in [0.15, 0.2) is 5.78 Å². The Hall–Kier alpha value is -1.89. The van der Waals surface area contributed by atoms with Crippen LogP contribution >= 0.6 is 0 Å². The first kappa shape index (κ1) is 12.6. The predicted octanol–water partition coefficient (Wildman–Crippen LogP) is 4.68. The molecule has 0 amide bonds. The van der Waals surface area contributed by atoms with Crippen LogP contribution in [0.15, 0.2) is 48.5 Å². The van der Waals surface area contributed by atoms with E-state index < -0.39 is 0 Å². The maximum Gasteiger partial charge on any atom is 0.159 e. The Labute approximate surface area is 108 Å². The maximum atomic E-state index is 11.3. The molecule has 0 unspecified atom stereocenters. The Bertz CT molecular complexity index is 550. The highest BCUT2D eigenvalue weighted by molar-refractivity contribution is 5.94. The number of hydrogen-bond donors (Lipinski definition) is 0. The highest BCUT2D eigenvalue weighted by Crippen LogP contribution is 2.29. The lowest BCUT2D eigenvalue weighted by atomic mass is 9.92. The summed E-state index contributed by atoms with van der Waals surface area (Å²) in [4.78, 5) is 11.3. The number of carbonyl (C=O) groups is 1. The van der Waals surface area contributed by atoms with Crippen LogP contribution in [-0.2, 0) is 0 Å². The fourth-order valence-electron chi connectivity index (χ4n) is 2.15. The van der Waals surface area contributed by atoms with Gasteiger partial charge in [-0.05, 0) is 29.5 Å². The van der Waals surface area contributed by atoms with E-state index in [1.165, 1.54) is 16.7 Å². The van der Waals surface area contributed by atoms with Gasteiger partial charge in [0.05, 0.1) is 0 Å². The molecule has 0 heterocycles. The van der Waals surface area contributed by atoms with Crippen molar-refractivity contribution in [1.29, 1.82) is 0 Å². The highest BCUT2D eigenvalue weighted by atomic mass is 16.1. The van der Waals surface area contributed by atoms with Crippen LogP contribution in [0.5, 0.6) is 0 Å². The van der Waals surface area contributed by atoms with Gasteiger partial charge in [-0.15, -0.1) is 0 Å². The first-order chi connectivity index (χ1) is 8.59. The second-order valence-electron chi connectivity index (χ2n) is 4.88. The first-order valence-corrected chi connectivity index (χ1v) is 6.30. The summed E-state index contributed by atoms with van der Waals surface area (Å²) in [5.74, 6) is 0.604. The molecule has 2 aromatic carbocycles. The van der Waals surface area contributed by atoms with E-state index in [9.17, 15) is 4.79 Å². The van der Waals surface area contributed by atoms with Crippen molar-refractivity contribution < 1.29 is 4.79 Å². The van der Waals surface area contributed by atoms with Crippen molar-refractivity contribution in [2.45, 2.75) is 26.7 Å². The zero-order chi connectivity index (χ0) is 13.1. The van der Waals surface area contributed by atoms with Gasteiger partial charge in [0, 0.05) is 5.56 Å². The van der Waals surface area contributed by atoms with Crippen molar-refractivity contribution in [3.05, 3.63) is 59.7 Å². The molecule has 0 radical (unpaired) electrons. The lowest BCUT2D eigenvalue weighted by molar-refractivity contribution is 0.101. The number of rotatable bonds is 3. The van der Waals surface area contributed by atoms with Crippen LogP contribution in [0.2, 0.25) is 0 Å². The monoisotopic (exact) mass is 238 g/mol. The van der Waals surface area contributed by atoms with E-state index in [2.05, 4.69) is 38.1 Å². The van der Waals surface area contributed by atoms with Crippen LogP contribution in [0, 0.1) is 0 Å². The normalized spacial score (nSPS) is 10.7. The van der Waals surface area contributed by atoms with Gasteiger partial charge in [-0.3, -0.25) is 4.79 Å². The third-order valence-electron chi connectivity index (χ3n) is 3.19. The molecular formula is C17H18O. The molecular weight excluding hydrogens is 220 g/mol. The average molecular weight is 238 g/mol. The second kappa shape index (κ2) is 5.18. The fourth-order valence-corrected chi connectivity index (χ4v) is 2.15. The van der Waals surface area contributed by atoms with Crippen LogP contribution in [0.3, 0.4) is 0 Å². The molecule has 0 saturated carbocycles. The molecule has 0 spiro atoms. The molecule has 2 aromatic rings. The van der Waals surface area contributed by atoms with Crippen molar-refractivity contribution in [2.24, 2.45) is 0 Å². The maximum absolute atomic E-state index is 11.3. The van der Waals surface area contributed by atoms with Crippen LogP contribution in [0.4, 0.5) is 0 Å². The summed E-state index contributed by atoms with van der Waals surface area (Å²) in [5, 5.41) is 0. The predicted molar refractivity (Wildman–Crippen MR) is 76.0 cm³/mol. The quantitative estimate of drug-likeness (QED) is 0.709. The lowest BCUT2D eigenvalue weighted by Crippen LogP contribution is -1.94. The Balaban J connectivity index is 2.46. The van der Waals surface area contributed by atoms with E-state index in [4.69, 9.17) is 0 Å². The molecule has 0 aromatic heterocycles. The summed E-state index contributed by atoms with van der Waals surface area (Å²) in [6.45, 7) is 5.99. The smallest absolute Gasteiger partial charge is 0.159 e. The van der Waals surface area contributed by atoms with Crippen molar-refractivity contribution in [2.75, 3.05) is 0 Å². The largest absolute Gasteiger partial charge is 0.295 e. The van der Waals surface area contributed by atoms with Crippen molar-refractivity contribution >= 4 is 5.78 Å². The molecule has 0 saturated heterocycles. The van der Waals surface area contributed by atoms with Crippen molar-refractivity contribution in [3.8, 4) is 11.1 Å². The highest BCUT2D eigenvalue weighted by Gasteiger charge is 2.08. The van der Waals surface area contributed by atoms with Crippen LogP contribution in [0.1, 0.15) is 42.6 Å². The van der Waals surface area contributed by atoms with E-state index in [1.54, 1.807) is 6.92 Å². The molecule has 0 bridgehead atoms. The third-order valence-corrected chi connectivity index (χ3v) is 3.19. The van der Waals surface area contributed by atoms with Gasteiger partial charge in [0.25, 0.3) is 0 Å². The minimum Gasteiger partial charge on any atom is -0.295 e. The van der Waals surface area contributed by atoms with E-state index >= 15 is 0 Å². The van der Waals surface area contributed by atoms with Crippen LogP contribution < -0.4 is 0 Å². The zero-order valence-corrected chi connectivity index (χ0v) is 11.1. The van der Waals surface area contributed by atoms with Crippen molar-refractivity contribution in [3.63, 3.8) is 0 Å². The zero-order valence-electron chi connectivity index (χ0n) is 11.1. The Kier molecular flexibility index (Phi) is 3.61. The molecule has 2 rings (SSSR count). The fraction of sp³-hybridized carbons (Fsp3) is 0.235. The summed E-state index contributed by atoms with van der Waals surface area (Å²) in [6.07, 6.45) is 0. The summed E-state index contributed by atoms with van der Waals surface area (Å²) in [5.41, 5.74) is 4.53. The SMILES string of the molecule is CC(=O)c1ccc(-c2ccccc2C(C)C)cc1. The molecule has 0 aliphatic heterocycles. The number of ketones is 1. The van der Waals surface area contributed by atoms with Gasteiger partial charge in [0.2, 0.25) is 0 Å². The molecule has 1 nitrogen and oxygen atoms in total. The molecule has 18 heavy (non-hydrogen) atoms. The summed E-state index contributed by atoms with van der Waals surface area (Å²) in [6, 6.07) is 16.3. The molecule has 0 fully saturated rings. The third kappa shape index (κ3) is 2.51. The topological polar surface area (TPSA) is 17.1 Å². The van der Waals surface area contributed by atoms with Crippen molar-refractivity contribution in [1.82, 2.24) is 0 Å². The number of Topliss-reactive ketones (excluding diaryl/α,β-unsaturated/α-hetero) is 1. The summed E-state index contributed by atoms with van der Waals surface area (Å²) < 4.78 is 0. The average Bonchev–Trinajstić information content (AvgIpc) is 2.39. The van der Waals surface area contributed by atoms with Gasteiger partial charge < -0.3 is 0 Å². The molecule has 1 heteroatoms. The second-order valence-corrected chi connectivity index (χ2v) is 4.88.